The van der Waals surface area contributed by atoms with Crippen molar-refractivity contribution in [3.63, 3.8) is 0 Å². The minimum absolute atomic E-state index is 0.957. The molecule has 6 atom stereocenters. The molecule has 3 heterocycles. The fourth-order valence-electron chi connectivity index (χ4n) is 2.10. The average molecular weight is 265 g/mol. The molecule has 0 spiro atoms. The molecule has 14 heavy (non-hydrogen) atoms. The van der Waals surface area contributed by atoms with Crippen LogP contribution in [-0.4, -0.2) is 43.0 Å². The first-order chi connectivity index (χ1) is 6.75. The van der Waals surface area contributed by atoms with Crippen LogP contribution in [0.2, 0.25) is 0 Å². The van der Waals surface area contributed by atoms with E-state index >= 15 is 0 Å². The lowest BCUT2D eigenvalue weighted by molar-refractivity contribution is 0.872. The van der Waals surface area contributed by atoms with Gasteiger partial charge in [-0.15, -0.1) is 0 Å². The van der Waals surface area contributed by atoms with Gasteiger partial charge in [-0.25, -0.2) is 0 Å². The highest BCUT2D eigenvalue weighted by Gasteiger charge is 2.47. The molecule has 0 saturated carbocycles. The van der Waals surface area contributed by atoms with E-state index in [0.717, 1.165) is 31.5 Å². The first kappa shape index (κ1) is 10.5. The molecule has 0 bridgehead atoms. The second-order valence-electron chi connectivity index (χ2n) is 4.36. The third-order valence-corrected chi connectivity index (χ3v) is 9.76. The van der Waals surface area contributed by atoms with Gasteiger partial charge in [-0.3, -0.25) is 0 Å². The van der Waals surface area contributed by atoms with Gasteiger partial charge in [0.25, 0.3) is 0 Å². The van der Waals surface area contributed by atoms with Gasteiger partial charge in [-0.2, -0.15) is 47.0 Å². The Balaban J connectivity index is 1.48. The van der Waals surface area contributed by atoms with Gasteiger partial charge < -0.3 is 0 Å². The van der Waals surface area contributed by atoms with Crippen molar-refractivity contribution in [2.24, 2.45) is 0 Å². The fraction of sp³-hybridized carbons (Fsp3) is 1.00. The van der Waals surface area contributed by atoms with Gasteiger partial charge in [0.2, 0.25) is 0 Å². The van der Waals surface area contributed by atoms with Crippen LogP contribution >= 0.6 is 47.0 Å². The van der Waals surface area contributed by atoms with Crippen molar-refractivity contribution in [1.82, 2.24) is 0 Å². The molecule has 0 nitrogen and oxygen atoms in total. The molecule has 0 radical (unpaired) electrons. The minimum Gasteiger partial charge on any atom is -0.155 e. The molecule has 3 rings (SSSR count). The quantitative estimate of drug-likeness (QED) is 0.702. The van der Waals surface area contributed by atoms with Gasteiger partial charge in [-0.1, -0.05) is 13.8 Å². The molecule has 3 fully saturated rings. The van der Waals surface area contributed by atoms with Crippen LogP contribution in [0.25, 0.3) is 0 Å². The maximum Gasteiger partial charge on any atom is 0.0293 e. The van der Waals surface area contributed by atoms with Crippen molar-refractivity contribution >= 4 is 47.0 Å². The monoisotopic (exact) mass is 264 g/mol. The molecule has 6 unspecified atom stereocenters. The standard InChI is InChI=1S/C10H16S4/c1-5-9(13-5)7-3-12-8(4-11-7)10-6(2)14-10/h5-10H,3-4H2,1-2H3. The molecule has 0 amide bonds. The average Bonchev–Trinajstić information content (AvgIpc) is 3.06. The van der Waals surface area contributed by atoms with Gasteiger partial charge in [0.1, 0.15) is 0 Å². The topological polar surface area (TPSA) is 0 Å². The SMILES string of the molecule is CC1SC1C1CSC(C2SC2C)CS1. The molecular weight excluding hydrogens is 248 g/mol. The summed E-state index contributed by atoms with van der Waals surface area (Å²) >= 11 is 8.89. The summed E-state index contributed by atoms with van der Waals surface area (Å²) in [5, 5.41) is 5.85. The molecule has 4 heteroatoms. The number of hydrogen-bond donors (Lipinski definition) is 0. The van der Waals surface area contributed by atoms with Crippen LogP contribution in [0, 0.1) is 0 Å². The predicted molar refractivity (Wildman–Crippen MR) is 74.2 cm³/mol. The second kappa shape index (κ2) is 4.01. The van der Waals surface area contributed by atoms with Crippen molar-refractivity contribution in [2.75, 3.05) is 11.5 Å². The molecule has 3 saturated heterocycles. The maximum absolute atomic E-state index is 2.38. The van der Waals surface area contributed by atoms with Crippen molar-refractivity contribution in [1.29, 1.82) is 0 Å². The lowest BCUT2D eigenvalue weighted by Gasteiger charge is -2.27. The third-order valence-electron chi connectivity index (χ3n) is 3.20. The van der Waals surface area contributed by atoms with Gasteiger partial charge >= 0.3 is 0 Å². The Labute approximate surface area is 103 Å². The van der Waals surface area contributed by atoms with Crippen LogP contribution in [-0.2, 0) is 0 Å². The van der Waals surface area contributed by atoms with Crippen LogP contribution in [0.5, 0.6) is 0 Å². The van der Waals surface area contributed by atoms with Gasteiger partial charge in [0, 0.05) is 43.0 Å². The molecule has 80 valence electrons. The van der Waals surface area contributed by atoms with Gasteiger partial charge in [0.15, 0.2) is 0 Å². The zero-order valence-electron chi connectivity index (χ0n) is 8.51. The van der Waals surface area contributed by atoms with E-state index < -0.39 is 0 Å². The third kappa shape index (κ3) is 2.09. The normalized spacial score (nSPS) is 57.0. The molecule has 0 aliphatic carbocycles. The highest BCUT2D eigenvalue weighted by atomic mass is 32.2. The summed E-state index contributed by atoms with van der Waals surface area (Å²) in [5.41, 5.74) is 0. The molecule has 0 N–H and O–H groups in total. The summed E-state index contributed by atoms with van der Waals surface area (Å²) in [5.74, 6) is 2.84. The lowest BCUT2D eigenvalue weighted by atomic mass is 10.2. The first-order valence-corrected chi connectivity index (χ1v) is 9.28. The van der Waals surface area contributed by atoms with E-state index in [1.807, 2.05) is 0 Å². The van der Waals surface area contributed by atoms with E-state index in [9.17, 15) is 0 Å². The van der Waals surface area contributed by atoms with Crippen molar-refractivity contribution in [2.45, 2.75) is 45.3 Å². The number of hydrogen-bond acceptors (Lipinski definition) is 4. The van der Waals surface area contributed by atoms with Crippen LogP contribution in [0.1, 0.15) is 13.8 Å². The first-order valence-electron chi connectivity index (χ1n) is 5.30. The van der Waals surface area contributed by atoms with Gasteiger partial charge in [-0.05, 0) is 0 Å². The molecule has 0 aromatic rings. The highest BCUT2D eigenvalue weighted by molar-refractivity contribution is 8.12. The lowest BCUT2D eigenvalue weighted by Crippen LogP contribution is -2.28. The van der Waals surface area contributed by atoms with Crippen LogP contribution < -0.4 is 0 Å². The molecule has 0 aromatic heterocycles. The van der Waals surface area contributed by atoms with Crippen molar-refractivity contribution < 1.29 is 0 Å². The molecular formula is C10H16S4. The summed E-state index contributed by atoms with van der Waals surface area (Å²) in [6, 6.07) is 0. The predicted octanol–water partition coefficient (Wildman–Crippen LogP) is 3.21. The smallest absolute Gasteiger partial charge is 0.0293 e. The summed E-state index contributed by atoms with van der Waals surface area (Å²) in [7, 11) is 0. The van der Waals surface area contributed by atoms with E-state index in [4.69, 9.17) is 0 Å². The second-order valence-corrected chi connectivity index (χ2v) is 10.0. The fourth-order valence-corrected chi connectivity index (χ4v) is 8.51. The van der Waals surface area contributed by atoms with E-state index in [1.54, 1.807) is 0 Å². The Hall–Kier alpha value is 1.40. The molecule has 3 aliphatic rings. The summed E-state index contributed by atoms with van der Waals surface area (Å²) in [6.45, 7) is 4.76. The Bertz CT molecular complexity index is 200. The van der Waals surface area contributed by atoms with Crippen LogP contribution in [0.15, 0.2) is 0 Å². The van der Waals surface area contributed by atoms with Crippen molar-refractivity contribution in [3.05, 3.63) is 0 Å². The van der Waals surface area contributed by atoms with E-state index in [-0.39, 0.29) is 0 Å². The van der Waals surface area contributed by atoms with E-state index in [1.165, 1.54) is 11.5 Å². The summed E-state index contributed by atoms with van der Waals surface area (Å²) < 4.78 is 0. The molecule has 3 aliphatic heterocycles. The van der Waals surface area contributed by atoms with Crippen LogP contribution in [0.3, 0.4) is 0 Å². The number of thioether (sulfide) groups is 4. The Kier molecular flexibility index (Phi) is 3.02. The summed E-state index contributed by atoms with van der Waals surface area (Å²) in [4.78, 5) is 0. The molecule has 0 aromatic carbocycles. The largest absolute Gasteiger partial charge is 0.155 e. The van der Waals surface area contributed by atoms with E-state index in [0.29, 0.717) is 0 Å². The zero-order valence-corrected chi connectivity index (χ0v) is 11.8. The number of rotatable bonds is 2. The Morgan fingerprint density at radius 1 is 0.786 bits per heavy atom. The highest BCUT2D eigenvalue weighted by Crippen LogP contribution is 2.54. The summed E-state index contributed by atoms with van der Waals surface area (Å²) in [6.07, 6.45) is 0. The zero-order chi connectivity index (χ0) is 9.71. The van der Waals surface area contributed by atoms with Crippen molar-refractivity contribution in [3.8, 4) is 0 Å². The van der Waals surface area contributed by atoms with E-state index in [2.05, 4.69) is 60.9 Å². The maximum atomic E-state index is 2.38. The van der Waals surface area contributed by atoms with Gasteiger partial charge in [0.05, 0.1) is 0 Å². The van der Waals surface area contributed by atoms with Crippen LogP contribution in [0.4, 0.5) is 0 Å². The Morgan fingerprint density at radius 2 is 1.14 bits per heavy atom. The Morgan fingerprint density at radius 3 is 1.36 bits per heavy atom. The minimum atomic E-state index is 0.957.